The monoisotopic (exact) mass is 310 g/mol. The largest absolute Gasteiger partial charge is 0.478 e. The van der Waals surface area contributed by atoms with E-state index in [4.69, 9.17) is 0 Å². The second-order valence-electron chi connectivity index (χ2n) is 7.09. The Morgan fingerprint density at radius 1 is 1.13 bits per heavy atom. The van der Waals surface area contributed by atoms with E-state index in [0.29, 0.717) is 11.1 Å². The van der Waals surface area contributed by atoms with Crippen LogP contribution in [0.4, 0.5) is 0 Å². The van der Waals surface area contributed by atoms with Gasteiger partial charge in [0.1, 0.15) is 0 Å². The molecule has 0 saturated heterocycles. The average Bonchev–Trinajstić information content (AvgIpc) is 2.52. The topological polar surface area (TPSA) is 57.5 Å². The molecule has 2 aromatic rings. The molecule has 2 N–H and O–H groups in total. The zero-order valence-electron chi connectivity index (χ0n) is 13.6. The first-order valence-electron chi connectivity index (χ1n) is 8.00. The number of hydrogen-bond donors (Lipinski definition) is 2. The molecule has 0 aromatic heterocycles. The summed E-state index contributed by atoms with van der Waals surface area (Å²) in [6.45, 7) is 4.28. The average molecular weight is 310 g/mol. The van der Waals surface area contributed by atoms with Gasteiger partial charge in [0.25, 0.3) is 0 Å². The minimum atomic E-state index is -0.887. The highest BCUT2D eigenvalue weighted by molar-refractivity contribution is 5.98. The Hall–Kier alpha value is -2.13. The highest BCUT2D eigenvalue weighted by Crippen LogP contribution is 2.40. The Morgan fingerprint density at radius 3 is 2.57 bits per heavy atom. The van der Waals surface area contributed by atoms with Crippen molar-refractivity contribution in [3.63, 3.8) is 0 Å². The Balaban J connectivity index is 2.25. The van der Waals surface area contributed by atoms with E-state index in [0.717, 1.165) is 41.5 Å². The zero-order valence-corrected chi connectivity index (χ0v) is 13.6. The number of hydrogen-bond acceptors (Lipinski definition) is 2. The van der Waals surface area contributed by atoms with Crippen LogP contribution in [-0.4, -0.2) is 16.2 Å². The third-order valence-corrected chi connectivity index (χ3v) is 4.83. The molecule has 0 bridgehead atoms. The maximum atomic E-state index is 12.0. The van der Waals surface area contributed by atoms with Gasteiger partial charge in [-0.1, -0.05) is 50.2 Å². The molecular weight excluding hydrogens is 288 g/mol. The molecule has 3 nitrogen and oxygen atoms in total. The summed E-state index contributed by atoms with van der Waals surface area (Å²) in [5.41, 5.74) is 4.89. The van der Waals surface area contributed by atoms with Crippen LogP contribution in [0.1, 0.15) is 47.3 Å². The van der Waals surface area contributed by atoms with E-state index < -0.39 is 5.97 Å². The van der Waals surface area contributed by atoms with E-state index >= 15 is 0 Å². The minimum Gasteiger partial charge on any atom is -0.478 e. The number of fused-ring (bicyclic) bond motifs is 1. The smallest absolute Gasteiger partial charge is 0.336 e. The second-order valence-corrected chi connectivity index (χ2v) is 7.09. The molecule has 1 aliphatic rings. The summed E-state index contributed by atoms with van der Waals surface area (Å²) < 4.78 is 0. The number of carboxylic acids is 1. The van der Waals surface area contributed by atoms with Crippen LogP contribution in [0.5, 0.6) is 0 Å². The Bertz CT molecular complexity index is 759. The number of carbonyl (C=O) groups is 1. The van der Waals surface area contributed by atoms with Crippen molar-refractivity contribution in [3.8, 4) is 11.1 Å². The van der Waals surface area contributed by atoms with Crippen LogP contribution in [0.3, 0.4) is 0 Å². The van der Waals surface area contributed by atoms with Gasteiger partial charge in [-0.2, -0.15) is 0 Å². The number of rotatable bonds is 3. The summed E-state index contributed by atoms with van der Waals surface area (Å²) in [4.78, 5) is 12.0. The third kappa shape index (κ3) is 2.89. The SMILES string of the molecule is CC1(C)CCc2ccc(-c3ccccc3CO)c(C(=O)O)c2C1. The highest BCUT2D eigenvalue weighted by Gasteiger charge is 2.30. The molecule has 3 rings (SSSR count). The summed E-state index contributed by atoms with van der Waals surface area (Å²) in [5, 5.41) is 19.4. The molecule has 23 heavy (non-hydrogen) atoms. The molecule has 120 valence electrons. The fourth-order valence-corrected chi connectivity index (χ4v) is 3.56. The van der Waals surface area contributed by atoms with E-state index in [-0.39, 0.29) is 12.0 Å². The van der Waals surface area contributed by atoms with Crippen LogP contribution < -0.4 is 0 Å². The van der Waals surface area contributed by atoms with Gasteiger partial charge in [0, 0.05) is 0 Å². The fraction of sp³-hybridized carbons (Fsp3) is 0.350. The molecule has 0 saturated carbocycles. The third-order valence-electron chi connectivity index (χ3n) is 4.83. The van der Waals surface area contributed by atoms with Gasteiger partial charge >= 0.3 is 5.97 Å². The summed E-state index contributed by atoms with van der Waals surface area (Å²) in [5.74, 6) is -0.887. The molecule has 0 radical (unpaired) electrons. The standard InChI is InChI=1S/C20H22O3/c1-20(2)10-9-13-7-8-16(18(19(22)23)17(13)11-20)15-6-4-3-5-14(15)12-21/h3-8,21H,9-12H2,1-2H3,(H,22,23). The van der Waals surface area contributed by atoms with Gasteiger partial charge < -0.3 is 10.2 Å². The normalized spacial score (nSPS) is 16.0. The second kappa shape index (κ2) is 5.82. The number of aryl methyl sites for hydroxylation is 1. The maximum absolute atomic E-state index is 12.0. The molecular formula is C20H22O3. The van der Waals surface area contributed by atoms with Crippen molar-refractivity contribution < 1.29 is 15.0 Å². The lowest BCUT2D eigenvalue weighted by molar-refractivity contribution is 0.0695. The number of benzene rings is 2. The van der Waals surface area contributed by atoms with Crippen molar-refractivity contribution in [2.75, 3.05) is 0 Å². The molecule has 0 atom stereocenters. The number of aliphatic hydroxyl groups is 1. The molecule has 2 aromatic carbocycles. The molecule has 0 unspecified atom stereocenters. The van der Waals surface area contributed by atoms with E-state index in [2.05, 4.69) is 19.9 Å². The summed E-state index contributed by atoms with van der Waals surface area (Å²) >= 11 is 0. The van der Waals surface area contributed by atoms with E-state index in [1.807, 2.05) is 30.3 Å². The zero-order chi connectivity index (χ0) is 16.6. The van der Waals surface area contributed by atoms with Gasteiger partial charge in [0.2, 0.25) is 0 Å². The predicted molar refractivity (Wildman–Crippen MR) is 90.6 cm³/mol. The molecule has 1 aliphatic carbocycles. The number of aromatic carboxylic acids is 1. The maximum Gasteiger partial charge on any atom is 0.336 e. The lowest BCUT2D eigenvalue weighted by atomic mass is 9.72. The van der Waals surface area contributed by atoms with Gasteiger partial charge in [-0.3, -0.25) is 0 Å². The Labute approximate surface area is 136 Å². The molecule has 0 fully saturated rings. The van der Waals surface area contributed by atoms with Crippen LogP contribution >= 0.6 is 0 Å². The summed E-state index contributed by atoms with van der Waals surface area (Å²) in [6, 6.07) is 11.4. The van der Waals surface area contributed by atoms with Gasteiger partial charge in [-0.25, -0.2) is 4.79 Å². The Kier molecular flexibility index (Phi) is 3.99. The predicted octanol–water partition coefficient (Wildman–Crippen LogP) is 4.06. The van der Waals surface area contributed by atoms with E-state index in [1.165, 1.54) is 0 Å². The van der Waals surface area contributed by atoms with Crippen molar-refractivity contribution in [1.29, 1.82) is 0 Å². The molecule has 0 spiro atoms. The quantitative estimate of drug-likeness (QED) is 0.899. The van der Waals surface area contributed by atoms with Crippen molar-refractivity contribution in [3.05, 3.63) is 58.7 Å². The first kappa shape index (κ1) is 15.8. The van der Waals surface area contributed by atoms with Gasteiger partial charge in [0.05, 0.1) is 12.2 Å². The summed E-state index contributed by atoms with van der Waals surface area (Å²) in [6.07, 6.45) is 2.77. The lowest BCUT2D eigenvalue weighted by Crippen LogP contribution is -2.24. The van der Waals surface area contributed by atoms with Crippen molar-refractivity contribution in [1.82, 2.24) is 0 Å². The van der Waals surface area contributed by atoms with Crippen LogP contribution in [0.15, 0.2) is 36.4 Å². The van der Waals surface area contributed by atoms with Crippen LogP contribution in [-0.2, 0) is 19.4 Å². The van der Waals surface area contributed by atoms with Gasteiger partial charge in [0.15, 0.2) is 0 Å². The van der Waals surface area contributed by atoms with Crippen LogP contribution in [0, 0.1) is 5.41 Å². The molecule has 0 amide bonds. The van der Waals surface area contributed by atoms with Crippen molar-refractivity contribution in [2.45, 2.75) is 39.7 Å². The first-order valence-corrected chi connectivity index (χ1v) is 8.00. The first-order chi connectivity index (χ1) is 10.9. The van der Waals surface area contributed by atoms with Gasteiger partial charge in [-0.05, 0) is 52.5 Å². The number of aliphatic hydroxyl groups excluding tert-OH is 1. The number of carboxylic acid groups (broad SMARTS) is 1. The lowest BCUT2D eigenvalue weighted by Gasteiger charge is -2.33. The van der Waals surface area contributed by atoms with E-state index in [1.54, 1.807) is 0 Å². The molecule has 3 heteroatoms. The minimum absolute atomic E-state index is 0.0994. The van der Waals surface area contributed by atoms with Crippen molar-refractivity contribution >= 4 is 5.97 Å². The fourth-order valence-electron chi connectivity index (χ4n) is 3.56. The Morgan fingerprint density at radius 2 is 1.87 bits per heavy atom. The molecule has 0 aliphatic heterocycles. The van der Waals surface area contributed by atoms with Gasteiger partial charge in [-0.15, -0.1) is 0 Å². The summed E-state index contributed by atoms with van der Waals surface area (Å²) in [7, 11) is 0. The van der Waals surface area contributed by atoms with Crippen molar-refractivity contribution in [2.24, 2.45) is 5.41 Å². The van der Waals surface area contributed by atoms with E-state index in [9.17, 15) is 15.0 Å². The molecule has 0 heterocycles. The van der Waals surface area contributed by atoms with Crippen LogP contribution in [0.2, 0.25) is 0 Å². The van der Waals surface area contributed by atoms with Crippen LogP contribution in [0.25, 0.3) is 11.1 Å². The highest BCUT2D eigenvalue weighted by atomic mass is 16.4.